The van der Waals surface area contributed by atoms with Gasteiger partial charge in [-0.1, -0.05) is 59.6 Å². The third kappa shape index (κ3) is 7.28. The molecular formula is C39H39Cl2FN4O6. The molecule has 1 amide bonds. The molecule has 3 heterocycles. The van der Waals surface area contributed by atoms with Crippen molar-refractivity contribution in [2.45, 2.75) is 50.9 Å². The van der Waals surface area contributed by atoms with Gasteiger partial charge in [0.1, 0.15) is 22.7 Å². The predicted octanol–water partition coefficient (Wildman–Crippen LogP) is 6.83. The number of hydrogen-bond donors (Lipinski definition) is 3. The third-order valence-electron chi connectivity index (χ3n) is 10.1. The molecule has 4 aromatic rings. The molecule has 0 bridgehead atoms. The molecule has 1 aliphatic carbocycles. The van der Waals surface area contributed by atoms with Crippen LogP contribution in [0.4, 0.5) is 4.39 Å². The number of rotatable bonds is 13. The Labute approximate surface area is 311 Å². The van der Waals surface area contributed by atoms with Crippen molar-refractivity contribution >= 4 is 35.1 Å². The number of methoxy groups -OCH3 is 2. The van der Waals surface area contributed by atoms with Gasteiger partial charge in [0.15, 0.2) is 0 Å². The topological polar surface area (TPSA) is 122 Å². The number of carboxylic acids is 1. The highest BCUT2D eigenvalue weighted by molar-refractivity contribution is 6.36. The Bertz CT molecular complexity index is 2020. The van der Waals surface area contributed by atoms with E-state index in [1.807, 2.05) is 41.3 Å². The van der Waals surface area contributed by atoms with Crippen LogP contribution >= 0.6 is 23.2 Å². The number of nitrogens with zero attached hydrogens (tertiary/aromatic N) is 2. The van der Waals surface area contributed by atoms with E-state index in [-0.39, 0.29) is 36.4 Å². The van der Waals surface area contributed by atoms with Crippen molar-refractivity contribution in [1.29, 1.82) is 0 Å². The summed E-state index contributed by atoms with van der Waals surface area (Å²) >= 11 is 13.8. The summed E-state index contributed by atoms with van der Waals surface area (Å²) in [7, 11) is 3.05. The molecular weight excluding hydrogens is 710 g/mol. The van der Waals surface area contributed by atoms with Gasteiger partial charge in [-0.3, -0.25) is 14.5 Å². The molecule has 0 saturated carbocycles. The van der Waals surface area contributed by atoms with E-state index in [1.54, 1.807) is 12.1 Å². The van der Waals surface area contributed by atoms with Crippen LogP contribution in [0.5, 0.6) is 17.5 Å². The summed E-state index contributed by atoms with van der Waals surface area (Å²) in [6.45, 7) is 2.18. The number of carbonyl (C=O) groups is 2. The zero-order chi connectivity index (χ0) is 36.5. The number of amides is 1. The monoisotopic (exact) mass is 748 g/mol. The van der Waals surface area contributed by atoms with Gasteiger partial charge in [0.25, 0.3) is 0 Å². The van der Waals surface area contributed by atoms with Crippen LogP contribution in [-0.4, -0.2) is 66.8 Å². The maximum absolute atomic E-state index is 15.6. The van der Waals surface area contributed by atoms with Crippen LogP contribution in [0.2, 0.25) is 10.0 Å². The summed E-state index contributed by atoms with van der Waals surface area (Å²) in [5.41, 5.74) is 6.31. The van der Waals surface area contributed by atoms with Gasteiger partial charge in [0, 0.05) is 67.4 Å². The summed E-state index contributed by atoms with van der Waals surface area (Å²) in [6, 6.07) is 16.9. The Morgan fingerprint density at radius 1 is 1.02 bits per heavy atom. The van der Waals surface area contributed by atoms with Crippen LogP contribution in [0.3, 0.4) is 0 Å². The van der Waals surface area contributed by atoms with Crippen molar-refractivity contribution < 1.29 is 33.3 Å². The fourth-order valence-electron chi connectivity index (χ4n) is 7.37. The van der Waals surface area contributed by atoms with Gasteiger partial charge in [-0.2, -0.15) is 4.98 Å². The molecule has 1 aromatic heterocycles. The minimum Gasteiger partial charge on any atom is -0.496 e. The van der Waals surface area contributed by atoms with Crippen molar-refractivity contribution in [3.8, 4) is 39.8 Å². The molecule has 13 heteroatoms. The lowest BCUT2D eigenvalue weighted by molar-refractivity contribution is -0.147. The maximum atomic E-state index is 15.6. The number of pyridine rings is 1. The number of carboxylic acid groups (broad SMARTS) is 1. The minimum atomic E-state index is -0.794. The second-order valence-corrected chi connectivity index (χ2v) is 14.2. The number of benzene rings is 3. The molecule has 2 fully saturated rings. The Kier molecular flexibility index (Phi) is 10.6. The first-order valence-electron chi connectivity index (χ1n) is 17.3. The first kappa shape index (κ1) is 36.0. The fraction of sp³-hybridized carbons (Fsp3) is 0.359. The first-order chi connectivity index (χ1) is 25.1. The van der Waals surface area contributed by atoms with Gasteiger partial charge in [0.2, 0.25) is 17.7 Å². The molecule has 52 heavy (non-hydrogen) atoms. The fourth-order valence-corrected chi connectivity index (χ4v) is 7.93. The number of aromatic nitrogens is 1. The van der Waals surface area contributed by atoms with E-state index in [0.717, 1.165) is 40.7 Å². The Morgan fingerprint density at radius 2 is 1.79 bits per heavy atom. The van der Waals surface area contributed by atoms with Gasteiger partial charge in [-0.15, -0.1) is 0 Å². The molecule has 0 unspecified atom stereocenters. The standard InChI is InChI=1S/C39H39Cl2FN4O6/c1-50-34-15-21(14-32(42)30(34)17-43-16-24-9-12-35(47)44-24)25-5-3-8-29(36(25)41)26-6-4-7-28-27(26)10-11-33(28)52-38-31(40)13-22(37(45-38)51-2)18-46-19-23(20-46)39(48)49/h3-8,13-15,23-24,33,43H,9-12,16-20H2,1-2H3,(H,44,47)(H,48,49)/t24-,33-/m0/s1. The summed E-state index contributed by atoms with van der Waals surface area (Å²) in [4.78, 5) is 29.3. The van der Waals surface area contributed by atoms with E-state index in [0.29, 0.717) is 77.4 Å². The number of fused-ring (bicyclic) bond motifs is 1. The lowest BCUT2D eigenvalue weighted by atomic mass is 9.93. The van der Waals surface area contributed by atoms with Crippen molar-refractivity contribution in [2.75, 3.05) is 33.9 Å². The largest absolute Gasteiger partial charge is 0.496 e. The number of ether oxygens (including phenoxy) is 3. The molecule has 3 aliphatic rings. The van der Waals surface area contributed by atoms with Crippen LogP contribution in [0.15, 0.2) is 54.6 Å². The summed E-state index contributed by atoms with van der Waals surface area (Å²) < 4.78 is 33.2. The quantitative estimate of drug-likeness (QED) is 0.135. The zero-order valence-corrected chi connectivity index (χ0v) is 30.3. The van der Waals surface area contributed by atoms with Crippen molar-refractivity contribution in [3.05, 3.63) is 92.7 Å². The van der Waals surface area contributed by atoms with E-state index in [2.05, 4.69) is 15.6 Å². The van der Waals surface area contributed by atoms with Crippen LogP contribution in [0.1, 0.15) is 47.6 Å². The Morgan fingerprint density at radius 3 is 2.52 bits per heavy atom. The zero-order valence-electron chi connectivity index (χ0n) is 28.8. The van der Waals surface area contributed by atoms with Crippen LogP contribution in [-0.2, 0) is 29.1 Å². The lowest BCUT2D eigenvalue weighted by Crippen LogP contribution is -2.49. The van der Waals surface area contributed by atoms with Gasteiger partial charge in [-0.25, -0.2) is 4.39 Å². The third-order valence-corrected chi connectivity index (χ3v) is 10.8. The van der Waals surface area contributed by atoms with E-state index >= 15 is 4.39 Å². The number of hydrogen-bond acceptors (Lipinski definition) is 8. The molecule has 0 spiro atoms. The van der Waals surface area contributed by atoms with E-state index in [1.165, 1.54) is 20.3 Å². The summed E-state index contributed by atoms with van der Waals surface area (Å²) in [6.07, 6.45) is 2.38. The minimum absolute atomic E-state index is 0.0335. The second kappa shape index (κ2) is 15.3. The van der Waals surface area contributed by atoms with E-state index in [9.17, 15) is 14.7 Å². The molecule has 2 aliphatic heterocycles. The molecule has 2 saturated heterocycles. The van der Waals surface area contributed by atoms with Crippen molar-refractivity contribution in [1.82, 2.24) is 20.5 Å². The Balaban J connectivity index is 1.10. The highest BCUT2D eigenvalue weighted by Crippen LogP contribution is 2.45. The molecule has 7 rings (SSSR count). The normalized spacial score (nSPS) is 18.5. The van der Waals surface area contributed by atoms with E-state index in [4.69, 9.17) is 37.4 Å². The summed E-state index contributed by atoms with van der Waals surface area (Å²) in [5.74, 6) is -0.489. The predicted molar refractivity (Wildman–Crippen MR) is 196 cm³/mol. The highest BCUT2D eigenvalue weighted by atomic mass is 35.5. The second-order valence-electron chi connectivity index (χ2n) is 13.4. The van der Waals surface area contributed by atoms with Crippen LogP contribution in [0, 0.1) is 11.7 Å². The first-order valence-corrected chi connectivity index (χ1v) is 18.0. The van der Waals surface area contributed by atoms with Crippen LogP contribution < -0.4 is 24.8 Å². The number of halogens is 3. The number of nitrogens with one attached hydrogen (secondary N) is 2. The van der Waals surface area contributed by atoms with Gasteiger partial charge < -0.3 is 30.0 Å². The molecule has 3 N–H and O–H groups in total. The maximum Gasteiger partial charge on any atom is 0.309 e. The van der Waals surface area contributed by atoms with Crippen molar-refractivity contribution in [3.63, 3.8) is 0 Å². The van der Waals surface area contributed by atoms with Crippen molar-refractivity contribution in [2.24, 2.45) is 5.92 Å². The molecule has 3 aromatic carbocycles. The molecule has 0 radical (unpaired) electrons. The number of likely N-dealkylation sites (tertiary alicyclic amines) is 1. The van der Waals surface area contributed by atoms with Gasteiger partial charge in [0.05, 0.1) is 25.2 Å². The highest BCUT2D eigenvalue weighted by Gasteiger charge is 2.34. The van der Waals surface area contributed by atoms with E-state index < -0.39 is 11.8 Å². The van der Waals surface area contributed by atoms with Crippen LogP contribution in [0.25, 0.3) is 22.3 Å². The molecule has 2 atom stereocenters. The summed E-state index contributed by atoms with van der Waals surface area (Å²) in [5, 5.41) is 16.2. The molecule has 10 nitrogen and oxygen atoms in total. The smallest absolute Gasteiger partial charge is 0.309 e. The average molecular weight is 750 g/mol. The molecule has 272 valence electrons. The van der Waals surface area contributed by atoms with Gasteiger partial charge >= 0.3 is 5.97 Å². The SMILES string of the molecule is COc1cc(-c2cccc(-c3cccc4c3CC[C@@H]4Oc3nc(OC)c(CN4CC(C(=O)O)C4)cc3Cl)c2Cl)cc(F)c1CNC[C@@H]1CCC(=O)N1. The number of carbonyl (C=O) groups excluding carboxylic acids is 1. The lowest BCUT2D eigenvalue weighted by Gasteiger charge is -2.36. The Hall–Kier alpha value is -4.42. The number of aliphatic carboxylic acids is 1. The average Bonchev–Trinajstić information content (AvgIpc) is 3.73. The van der Waals surface area contributed by atoms with Gasteiger partial charge in [-0.05, 0) is 59.7 Å².